The van der Waals surface area contributed by atoms with Crippen LogP contribution in [-0.4, -0.2) is 31.1 Å². The van der Waals surface area contributed by atoms with Crippen molar-refractivity contribution in [1.82, 2.24) is 4.90 Å². The number of nitrogens with zero attached hydrogens (tertiary/aromatic N) is 1. The first-order chi connectivity index (χ1) is 8.34. The molecule has 0 amide bonds. The lowest BCUT2D eigenvalue weighted by atomic mass is 9.90. The largest absolute Gasteiger partial charge is 0.382 e. The van der Waals surface area contributed by atoms with Gasteiger partial charge in [0.15, 0.2) is 0 Å². The summed E-state index contributed by atoms with van der Waals surface area (Å²) in [7, 11) is 0. The maximum atomic E-state index is 13.7. The van der Waals surface area contributed by atoms with Gasteiger partial charge in [-0.2, -0.15) is 0 Å². The first-order valence-electron chi connectivity index (χ1n) is 6.59. The molecule has 1 unspecified atom stereocenters. The predicted molar refractivity (Wildman–Crippen MR) is 67.9 cm³/mol. The van der Waals surface area contributed by atoms with E-state index < -0.39 is 0 Å². The lowest BCUT2D eigenvalue weighted by Gasteiger charge is -2.30. The van der Waals surface area contributed by atoms with Crippen LogP contribution in [-0.2, 0) is 0 Å². The predicted octanol–water partition coefficient (Wildman–Crippen LogP) is 2.82. The topological polar surface area (TPSA) is 15.3 Å². The van der Waals surface area contributed by atoms with Crippen LogP contribution in [0.1, 0.15) is 30.7 Å². The minimum atomic E-state index is -0.103. The number of hydrogen-bond donors (Lipinski definition) is 1. The molecule has 1 N–H and O–H groups in total. The third-order valence-electron chi connectivity index (χ3n) is 3.96. The zero-order chi connectivity index (χ0) is 11.7. The van der Waals surface area contributed by atoms with Gasteiger partial charge in [-0.25, -0.2) is 4.39 Å². The van der Waals surface area contributed by atoms with E-state index >= 15 is 0 Å². The van der Waals surface area contributed by atoms with Gasteiger partial charge in [-0.1, -0.05) is 12.1 Å². The number of anilines is 1. The summed E-state index contributed by atoms with van der Waals surface area (Å²) in [6.45, 7) is 4.42. The van der Waals surface area contributed by atoms with E-state index in [0.717, 1.165) is 25.2 Å². The number of rotatable bonds is 2. The van der Waals surface area contributed by atoms with E-state index in [1.165, 1.54) is 31.5 Å². The molecule has 2 nitrogen and oxygen atoms in total. The molecule has 92 valence electrons. The second kappa shape index (κ2) is 4.65. The number of benzene rings is 1. The van der Waals surface area contributed by atoms with Gasteiger partial charge in [0.2, 0.25) is 0 Å². The molecule has 1 atom stereocenters. The summed E-state index contributed by atoms with van der Waals surface area (Å²) in [6.07, 6.45) is 3.76. The molecular formula is C14H19FN2. The van der Waals surface area contributed by atoms with Crippen LogP contribution in [0.25, 0.3) is 0 Å². The van der Waals surface area contributed by atoms with E-state index in [9.17, 15) is 4.39 Å². The normalized spacial score (nSPS) is 24.4. The van der Waals surface area contributed by atoms with Crippen LogP contribution in [0, 0.1) is 5.82 Å². The number of halogens is 1. The summed E-state index contributed by atoms with van der Waals surface area (Å²) < 4.78 is 13.7. The Balaban J connectivity index is 1.81. The van der Waals surface area contributed by atoms with E-state index in [-0.39, 0.29) is 5.82 Å². The Morgan fingerprint density at radius 2 is 2.12 bits per heavy atom. The first-order valence-corrected chi connectivity index (χ1v) is 6.59. The van der Waals surface area contributed by atoms with Crippen molar-refractivity contribution in [3.8, 4) is 0 Å². The molecule has 17 heavy (non-hydrogen) atoms. The number of para-hydroxylation sites is 1. The summed E-state index contributed by atoms with van der Waals surface area (Å²) >= 11 is 0. The molecule has 1 saturated heterocycles. The second-order valence-electron chi connectivity index (χ2n) is 5.12. The van der Waals surface area contributed by atoms with E-state index in [1.807, 2.05) is 6.07 Å². The second-order valence-corrected chi connectivity index (χ2v) is 5.12. The Morgan fingerprint density at radius 1 is 1.29 bits per heavy atom. The average Bonchev–Trinajstić information content (AvgIpc) is 2.83. The van der Waals surface area contributed by atoms with Crippen LogP contribution in [0.4, 0.5) is 10.1 Å². The van der Waals surface area contributed by atoms with Crippen LogP contribution >= 0.6 is 0 Å². The van der Waals surface area contributed by atoms with Gasteiger partial charge in [0, 0.05) is 19.0 Å². The highest BCUT2D eigenvalue weighted by molar-refractivity contribution is 5.56. The van der Waals surface area contributed by atoms with E-state index in [2.05, 4.69) is 16.3 Å². The molecule has 2 aliphatic rings. The average molecular weight is 234 g/mol. The van der Waals surface area contributed by atoms with Crippen molar-refractivity contribution >= 4 is 5.69 Å². The minimum absolute atomic E-state index is 0.103. The first kappa shape index (κ1) is 11.0. The van der Waals surface area contributed by atoms with Gasteiger partial charge in [0.1, 0.15) is 5.82 Å². The van der Waals surface area contributed by atoms with Crippen LogP contribution in [0.3, 0.4) is 0 Å². The molecule has 2 heterocycles. The van der Waals surface area contributed by atoms with E-state index in [1.54, 1.807) is 6.07 Å². The van der Waals surface area contributed by atoms with E-state index in [0.29, 0.717) is 5.92 Å². The van der Waals surface area contributed by atoms with Crippen molar-refractivity contribution in [1.29, 1.82) is 0 Å². The molecule has 1 aromatic rings. The smallest absolute Gasteiger partial charge is 0.146 e. The molecule has 0 bridgehead atoms. The molecule has 0 spiro atoms. The summed E-state index contributed by atoms with van der Waals surface area (Å²) in [5.74, 6) is 0.397. The zero-order valence-electron chi connectivity index (χ0n) is 10.1. The number of fused-ring (bicyclic) bond motifs is 1. The lowest BCUT2D eigenvalue weighted by Crippen LogP contribution is -2.29. The highest BCUT2D eigenvalue weighted by Gasteiger charge is 2.25. The highest BCUT2D eigenvalue weighted by atomic mass is 19.1. The Morgan fingerprint density at radius 3 is 2.94 bits per heavy atom. The van der Waals surface area contributed by atoms with E-state index in [4.69, 9.17) is 0 Å². The van der Waals surface area contributed by atoms with Gasteiger partial charge in [0.25, 0.3) is 0 Å². The number of hydrogen-bond acceptors (Lipinski definition) is 2. The van der Waals surface area contributed by atoms with Gasteiger partial charge in [-0.15, -0.1) is 0 Å². The van der Waals surface area contributed by atoms with Gasteiger partial charge >= 0.3 is 0 Å². The SMILES string of the molecule is Fc1cccc2c1NCCC2CN1CCCC1. The van der Waals surface area contributed by atoms with Crippen LogP contribution in [0.5, 0.6) is 0 Å². The molecule has 0 radical (unpaired) electrons. The maximum absolute atomic E-state index is 13.7. The third-order valence-corrected chi connectivity index (χ3v) is 3.96. The van der Waals surface area contributed by atoms with Crippen molar-refractivity contribution < 1.29 is 4.39 Å². The van der Waals surface area contributed by atoms with Crippen molar-refractivity contribution in [2.24, 2.45) is 0 Å². The quantitative estimate of drug-likeness (QED) is 0.846. The lowest BCUT2D eigenvalue weighted by molar-refractivity contribution is 0.307. The fourth-order valence-corrected chi connectivity index (χ4v) is 3.06. The monoisotopic (exact) mass is 234 g/mol. The number of nitrogens with one attached hydrogen (secondary N) is 1. The Kier molecular flexibility index (Phi) is 3.02. The zero-order valence-corrected chi connectivity index (χ0v) is 10.1. The van der Waals surface area contributed by atoms with Crippen molar-refractivity contribution in [3.05, 3.63) is 29.6 Å². The standard InChI is InChI=1S/C14H19FN2/c15-13-5-3-4-12-11(6-7-16-14(12)13)10-17-8-1-2-9-17/h3-5,11,16H,1-2,6-10H2. The van der Waals surface area contributed by atoms with Gasteiger partial charge in [0.05, 0.1) is 5.69 Å². The molecule has 2 aliphatic heterocycles. The van der Waals surface area contributed by atoms with Gasteiger partial charge < -0.3 is 10.2 Å². The van der Waals surface area contributed by atoms with Crippen molar-refractivity contribution in [3.63, 3.8) is 0 Å². The molecule has 1 aromatic carbocycles. The maximum Gasteiger partial charge on any atom is 0.146 e. The minimum Gasteiger partial charge on any atom is -0.382 e. The Bertz CT molecular complexity index is 399. The summed E-state index contributed by atoms with van der Waals surface area (Å²) in [5, 5.41) is 3.19. The molecule has 3 rings (SSSR count). The summed E-state index contributed by atoms with van der Waals surface area (Å²) in [6, 6.07) is 5.45. The molecular weight excluding hydrogens is 215 g/mol. The molecule has 0 saturated carbocycles. The molecule has 1 fully saturated rings. The summed E-state index contributed by atoms with van der Waals surface area (Å²) in [4.78, 5) is 2.52. The van der Waals surface area contributed by atoms with Gasteiger partial charge in [-0.05, 0) is 44.0 Å². The summed E-state index contributed by atoms with van der Waals surface area (Å²) in [5.41, 5.74) is 1.91. The fraction of sp³-hybridized carbons (Fsp3) is 0.571. The Hall–Kier alpha value is -1.09. The van der Waals surface area contributed by atoms with Crippen LogP contribution < -0.4 is 5.32 Å². The Labute approximate surface area is 102 Å². The number of likely N-dealkylation sites (tertiary alicyclic amines) is 1. The molecule has 0 aliphatic carbocycles. The third kappa shape index (κ3) is 2.16. The van der Waals surface area contributed by atoms with Gasteiger partial charge in [-0.3, -0.25) is 0 Å². The fourth-order valence-electron chi connectivity index (χ4n) is 3.06. The van der Waals surface area contributed by atoms with Crippen molar-refractivity contribution in [2.45, 2.75) is 25.2 Å². The van der Waals surface area contributed by atoms with Crippen LogP contribution in [0.15, 0.2) is 18.2 Å². The van der Waals surface area contributed by atoms with Crippen LogP contribution in [0.2, 0.25) is 0 Å². The molecule has 3 heteroatoms. The highest BCUT2D eigenvalue weighted by Crippen LogP contribution is 2.34. The molecule has 0 aromatic heterocycles. The van der Waals surface area contributed by atoms with Crippen molar-refractivity contribution in [2.75, 3.05) is 31.5 Å².